The van der Waals surface area contributed by atoms with Crippen molar-refractivity contribution in [3.63, 3.8) is 0 Å². The maximum atomic E-state index is 12.0. The molecule has 2 rings (SSSR count). The largest absolute Gasteiger partial charge is 0.487 e. The second-order valence-corrected chi connectivity index (χ2v) is 4.74. The van der Waals surface area contributed by atoms with Gasteiger partial charge in [-0.15, -0.1) is 0 Å². The van der Waals surface area contributed by atoms with Gasteiger partial charge in [-0.3, -0.25) is 14.6 Å². The number of nitrogens with one attached hydrogen (secondary N) is 2. The van der Waals surface area contributed by atoms with Crippen LogP contribution in [0.2, 0.25) is 0 Å². The molecule has 1 atom stereocenters. The van der Waals surface area contributed by atoms with Crippen LogP contribution in [0.3, 0.4) is 0 Å². The van der Waals surface area contributed by atoms with Crippen LogP contribution in [0.25, 0.3) is 0 Å². The van der Waals surface area contributed by atoms with Crippen LogP contribution in [-0.4, -0.2) is 28.5 Å². The Hall–Kier alpha value is -2.63. The van der Waals surface area contributed by atoms with E-state index < -0.39 is 0 Å². The standard InChI is InChI=1S/C15H17N3O3/c1-10-6-12(7-14(19)18-10)15(20)17-8-11(2)21-13-4-3-5-16-9-13/h3-7,9,11H,8H2,1-2H3,(H,17,20)(H,18,19)/t11-/m0/s1. The highest BCUT2D eigenvalue weighted by Gasteiger charge is 2.10. The highest BCUT2D eigenvalue weighted by atomic mass is 16.5. The minimum atomic E-state index is -0.300. The number of nitrogens with zero attached hydrogens (tertiary/aromatic N) is 1. The topological polar surface area (TPSA) is 84.1 Å². The number of hydrogen-bond acceptors (Lipinski definition) is 4. The van der Waals surface area contributed by atoms with Crippen molar-refractivity contribution in [2.24, 2.45) is 0 Å². The number of pyridine rings is 2. The number of amides is 1. The molecule has 21 heavy (non-hydrogen) atoms. The number of rotatable bonds is 5. The number of hydrogen-bond donors (Lipinski definition) is 2. The third-order valence-corrected chi connectivity index (χ3v) is 2.76. The summed E-state index contributed by atoms with van der Waals surface area (Å²) in [5.41, 5.74) is 0.692. The smallest absolute Gasteiger partial charge is 0.251 e. The summed E-state index contributed by atoms with van der Waals surface area (Å²) in [6.07, 6.45) is 3.06. The first kappa shape index (κ1) is 14.8. The summed E-state index contributed by atoms with van der Waals surface area (Å²) in [4.78, 5) is 29.8. The van der Waals surface area contributed by atoms with E-state index in [1.807, 2.05) is 6.92 Å². The molecule has 0 radical (unpaired) electrons. The van der Waals surface area contributed by atoms with Gasteiger partial charge in [0, 0.05) is 23.5 Å². The lowest BCUT2D eigenvalue weighted by atomic mass is 10.2. The SMILES string of the molecule is Cc1cc(C(=O)NC[C@H](C)Oc2cccnc2)cc(=O)[nH]1. The first-order valence-electron chi connectivity index (χ1n) is 6.60. The van der Waals surface area contributed by atoms with Gasteiger partial charge in [0.1, 0.15) is 11.9 Å². The highest BCUT2D eigenvalue weighted by Crippen LogP contribution is 2.08. The molecular formula is C15H17N3O3. The Morgan fingerprint density at radius 2 is 2.29 bits per heavy atom. The summed E-state index contributed by atoms with van der Waals surface area (Å²) < 4.78 is 5.60. The van der Waals surface area contributed by atoms with Gasteiger partial charge in [0.2, 0.25) is 5.56 Å². The fourth-order valence-corrected chi connectivity index (χ4v) is 1.84. The van der Waals surface area contributed by atoms with Crippen LogP contribution in [0.1, 0.15) is 23.0 Å². The van der Waals surface area contributed by atoms with Crippen molar-refractivity contribution in [2.45, 2.75) is 20.0 Å². The average Bonchev–Trinajstić information content (AvgIpc) is 2.45. The number of aryl methyl sites for hydroxylation is 1. The predicted molar refractivity (Wildman–Crippen MR) is 78.5 cm³/mol. The molecule has 2 aromatic rings. The van der Waals surface area contributed by atoms with E-state index in [4.69, 9.17) is 4.74 Å². The second-order valence-electron chi connectivity index (χ2n) is 4.74. The van der Waals surface area contributed by atoms with Crippen LogP contribution >= 0.6 is 0 Å². The Labute approximate surface area is 122 Å². The van der Waals surface area contributed by atoms with E-state index in [1.54, 1.807) is 37.5 Å². The highest BCUT2D eigenvalue weighted by molar-refractivity contribution is 5.94. The van der Waals surface area contributed by atoms with Crippen molar-refractivity contribution in [3.8, 4) is 5.75 Å². The van der Waals surface area contributed by atoms with Gasteiger partial charge in [0.15, 0.2) is 0 Å². The number of aromatic amines is 1. The Balaban J connectivity index is 1.90. The normalized spacial score (nSPS) is 11.7. The van der Waals surface area contributed by atoms with E-state index >= 15 is 0 Å². The van der Waals surface area contributed by atoms with Crippen molar-refractivity contribution < 1.29 is 9.53 Å². The maximum Gasteiger partial charge on any atom is 0.251 e. The molecule has 0 aromatic carbocycles. The Morgan fingerprint density at radius 1 is 1.48 bits per heavy atom. The number of carbonyl (C=O) groups is 1. The molecule has 0 spiro atoms. The lowest BCUT2D eigenvalue weighted by molar-refractivity contribution is 0.0932. The lowest BCUT2D eigenvalue weighted by Crippen LogP contribution is -2.34. The summed E-state index contributed by atoms with van der Waals surface area (Å²) >= 11 is 0. The van der Waals surface area contributed by atoms with Crippen molar-refractivity contribution in [2.75, 3.05) is 6.54 Å². The zero-order valence-electron chi connectivity index (χ0n) is 11.9. The van der Waals surface area contributed by atoms with Gasteiger partial charge in [-0.25, -0.2) is 0 Å². The molecule has 2 aromatic heterocycles. The molecule has 110 valence electrons. The van der Waals surface area contributed by atoms with Crippen LogP contribution in [0, 0.1) is 6.92 Å². The lowest BCUT2D eigenvalue weighted by Gasteiger charge is -2.15. The van der Waals surface area contributed by atoms with E-state index in [2.05, 4.69) is 15.3 Å². The van der Waals surface area contributed by atoms with Gasteiger partial charge in [0.05, 0.1) is 12.7 Å². The van der Waals surface area contributed by atoms with Crippen molar-refractivity contribution in [3.05, 3.63) is 58.3 Å². The van der Waals surface area contributed by atoms with Crippen LogP contribution in [-0.2, 0) is 0 Å². The molecule has 1 amide bonds. The van der Waals surface area contributed by atoms with Crippen molar-refractivity contribution >= 4 is 5.91 Å². The zero-order chi connectivity index (χ0) is 15.2. The molecule has 6 nitrogen and oxygen atoms in total. The van der Waals surface area contributed by atoms with E-state index in [0.29, 0.717) is 23.6 Å². The third kappa shape index (κ3) is 4.45. The molecule has 6 heteroatoms. The summed E-state index contributed by atoms with van der Waals surface area (Å²) in [5.74, 6) is 0.345. The molecule has 2 N–H and O–H groups in total. The maximum absolute atomic E-state index is 12.0. The van der Waals surface area contributed by atoms with E-state index in [0.717, 1.165) is 0 Å². The first-order chi connectivity index (χ1) is 10.0. The monoisotopic (exact) mass is 287 g/mol. The van der Waals surface area contributed by atoms with Crippen LogP contribution in [0.5, 0.6) is 5.75 Å². The first-order valence-corrected chi connectivity index (χ1v) is 6.60. The third-order valence-electron chi connectivity index (χ3n) is 2.76. The van der Waals surface area contributed by atoms with Crippen molar-refractivity contribution in [1.29, 1.82) is 0 Å². The van der Waals surface area contributed by atoms with E-state index in [-0.39, 0.29) is 17.6 Å². The average molecular weight is 287 g/mol. The van der Waals surface area contributed by atoms with Gasteiger partial charge < -0.3 is 15.0 Å². The molecule has 0 saturated carbocycles. The van der Waals surface area contributed by atoms with Crippen LogP contribution < -0.4 is 15.6 Å². The molecule has 0 saturated heterocycles. The number of aromatic nitrogens is 2. The van der Waals surface area contributed by atoms with Gasteiger partial charge in [-0.05, 0) is 32.0 Å². The Bertz CT molecular complexity index is 667. The second kappa shape index (κ2) is 6.69. The number of H-pyrrole nitrogens is 1. The van der Waals surface area contributed by atoms with Gasteiger partial charge in [-0.1, -0.05) is 0 Å². The summed E-state index contributed by atoms with van der Waals surface area (Å²) in [6.45, 7) is 3.90. The van der Waals surface area contributed by atoms with Gasteiger partial charge >= 0.3 is 0 Å². The quantitative estimate of drug-likeness (QED) is 0.867. The molecule has 0 fully saturated rings. The fourth-order valence-electron chi connectivity index (χ4n) is 1.84. The van der Waals surface area contributed by atoms with Crippen LogP contribution in [0.4, 0.5) is 0 Å². The number of carbonyl (C=O) groups excluding carboxylic acids is 1. The molecule has 0 aliphatic heterocycles. The summed E-state index contributed by atoms with van der Waals surface area (Å²) in [5, 5.41) is 2.74. The molecule has 0 aliphatic rings. The predicted octanol–water partition coefficient (Wildman–Crippen LogP) is 1.28. The van der Waals surface area contributed by atoms with E-state index in [1.165, 1.54) is 6.07 Å². The molecule has 0 aliphatic carbocycles. The van der Waals surface area contributed by atoms with Crippen LogP contribution in [0.15, 0.2) is 41.5 Å². The van der Waals surface area contributed by atoms with Gasteiger partial charge in [-0.2, -0.15) is 0 Å². The molecule has 0 unspecified atom stereocenters. The minimum Gasteiger partial charge on any atom is -0.487 e. The fraction of sp³-hybridized carbons (Fsp3) is 0.267. The molecule has 0 bridgehead atoms. The molecule has 2 heterocycles. The zero-order valence-corrected chi connectivity index (χ0v) is 11.9. The van der Waals surface area contributed by atoms with Crippen molar-refractivity contribution in [1.82, 2.24) is 15.3 Å². The van der Waals surface area contributed by atoms with Gasteiger partial charge in [0.25, 0.3) is 5.91 Å². The Kier molecular flexibility index (Phi) is 4.71. The summed E-state index contributed by atoms with van der Waals surface area (Å²) in [6, 6.07) is 6.48. The minimum absolute atomic E-state index is 0.207. The van der Waals surface area contributed by atoms with E-state index in [9.17, 15) is 9.59 Å². The Morgan fingerprint density at radius 3 is 2.95 bits per heavy atom. The number of ether oxygens (including phenoxy) is 1. The molecular weight excluding hydrogens is 270 g/mol. The summed E-state index contributed by atoms with van der Waals surface area (Å²) in [7, 11) is 0.